The number of nitrogens with two attached hydrogens (primary N) is 1. The van der Waals surface area contributed by atoms with Gasteiger partial charge in [0.15, 0.2) is 9.34 Å². The first-order chi connectivity index (χ1) is 8.99. The topological polar surface area (TPSA) is 97.5 Å². The van der Waals surface area contributed by atoms with Gasteiger partial charge in [-0.05, 0) is 6.92 Å². The van der Waals surface area contributed by atoms with Gasteiger partial charge in [-0.15, -0.1) is 0 Å². The molecule has 1 aliphatic heterocycles. The molecule has 1 saturated heterocycles. The summed E-state index contributed by atoms with van der Waals surface area (Å²) in [5.41, 5.74) is 5.96. The Morgan fingerprint density at radius 1 is 1.47 bits per heavy atom. The fourth-order valence-electron chi connectivity index (χ4n) is 1.88. The van der Waals surface area contributed by atoms with E-state index in [1.54, 1.807) is 6.92 Å². The van der Waals surface area contributed by atoms with Gasteiger partial charge in [-0.1, -0.05) is 11.3 Å². The van der Waals surface area contributed by atoms with Crippen molar-refractivity contribution in [1.82, 2.24) is 14.6 Å². The lowest BCUT2D eigenvalue weighted by atomic mass is 10.4. The molecular weight excluding hydrogens is 288 g/mol. The van der Waals surface area contributed by atoms with Crippen molar-refractivity contribution in [2.75, 3.05) is 45.1 Å². The molecule has 1 fully saturated rings. The van der Waals surface area contributed by atoms with E-state index in [-0.39, 0.29) is 9.34 Å². The molecule has 0 unspecified atom stereocenters. The maximum absolute atomic E-state index is 12.1. The van der Waals surface area contributed by atoms with Crippen LogP contribution in [0.2, 0.25) is 0 Å². The number of hydrogen-bond acceptors (Lipinski definition) is 7. The highest BCUT2D eigenvalue weighted by atomic mass is 32.2. The van der Waals surface area contributed by atoms with Crippen molar-refractivity contribution in [3.05, 3.63) is 5.69 Å². The third kappa shape index (κ3) is 3.86. The Hall–Kier alpha value is -0.740. The summed E-state index contributed by atoms with van der Waals surface area (Å²) < 4.78 is 32.2. The number of anilines is 1. The molecule has 1 aromatic rings. The number of thiazole rings is 1. The summed E-state index contributed by atoms with van der Waals surface area (Å²) in [4.78, 5) is 6.09. The van der Waals surface area contributed by atoms with Crippen molar-refractivity contribution < 1.29 is 13.2 Å². The van der Waals surface area contributed by atoms with Crippen molar-refractivity contribution in [1.29, 1.82) is 0 Å². The summed E-state index contributed by atoms with van der Waals surface area (Å²) in [7, 11) is -3.50. The van der Waals surface area contributed by atoms with E-state index in [9.17, 15) is 8.42 Å². The van der Waals surface area contributed by atoms with Crippen molar-refractivity contribution in [3.8, 4) is 0 Å². The van der Waals surface area contributed by atoms with Crippen LogP contribution in [0.3, 0.4) is 0 Å². The minimum atomic E-state index is -3.50. The highest BCUT2D eigenvalue weighted by Gasteiger charge is 2.21. The van der Waals surface area contributed by atoms with Gasteiger partial charge in [-0.3, -0.25) is 4.90 Å². The lowest BCUT2D eigenvalue weighted by Gasteiger charge is -2.26. The molecule has 0 atom stereocenters. The van der Waals surface area contributed by atoms with Crippen LogP contribution in [0, 0.1) is 6.92 Å². The summed E-state index contributed by atoms with van der Waals surface area (Å²) in [5.74, 6) is 0. The Bertz CT molecular complexity index is 523. The van der Waals surface area contributed by atoms with Crippen molar-refractivity contribution >= 4 is 26.5 Å². The van der Waals surface area contributed by atoms with Gasteiger partial charge in [0.25, 0.3) is 10.0 Å². The van der Waals surface area contributed by atoms with Gasteiger partial charge in [0.05, 0.1) is 18.9 Å². The van der Waals surface area contributed by atoms with Crippen LogP contribution in [-0.4, -0.2) is 57.7 Å². The summed E-state index contributed by atoms with van der Waals surface area (Å²) in [5, 5.41) is 0.269. The van der Waals surface area contributed by atoms with Crippen LogP contribution in [0.4, 0.5) is 5.13 Å². The number of nitrogens with one attached hydrogen (secondary N) is 1. The first-order valence-corrected chi connectivity index (χ1v) is 8.31. The van der Waals surface area contributed by atoms with E-state index in [1.165, 1.54) is 0 Å². The molecule has 0 saturated carbocycles. The zero-order valence-electron chi connectivity index (χ0n) is 10.8. The third-order valence-corrected chi connectivity index (χ3v) is 5.90. The van der Waals surface area contributed by atoms with Gasteiger partial charge in [0.2, 0.25) is 0 Å². The zero-order chi connectivity index (χ0) is 13.9. The fourth-order valence-corrected chi connectivity index (χ4v) is 4.24. The van der Waals surface area contributed by atoms with E-state index in [2.05, 4.69) is 14.6 Å². The highest BCUT2D eigenvalue weighted by molar-refractivity contribution is 7.91. The maximum atomic E-state index is 12.1. The molecule has 108 valence electrons. The number of morpholine rings is 1. The molecule has 1 aliphatic rings. The van der Waals surface area contributed by atoms with Gasteiger partial charge in [-0.2, -0.15) is 0 Å². The first kappa shape index (κ1) is 14.7. The predicted octanol–water partition coefficient (Wildman–Crippen LogP) is -0.356. The zero-order valence-corrected chi connectivity index (χ0v) is 12.4. The summed E-state index contributed by atoms with van der Waals surface area (Å²) in [6.45, 7) is 5.79. The van der Waals surface area contributed by atoms with E-state index in [0.29, 0.717) is 32.0 Å². The number of aromatic nitrogens is 1. The Kier molecular flexibility index (Phi) is 4.74. The summed E-state index contributed by atoms with van der Waals surface area (Å²) in [6.07, 6.45) is 0. The lowest BCUT2D eigenvalue weighted by Crippen LogP contribution is -2.41. The van der Waals surface area contributed by atoms with Crippen LogP contribution in [0.5, 0.6) is 0 Å². The van der Waals surface area contributed by atoms with E-state index >= 15 is 0 Å². The maximum Gasteiger partial charge on any atom is 0.252 e. The van der Waals surface area contributed by atoms with E-state index in [0.717, 1.165) is 24.4 Å². The molecule has 0 amide bonds. The minimum Gasteiger partial charge on any atom is -0.379 e. The van der Waals surface area contributed by atoms with Gasteiger partial charge in [0, 0.05) is 26.2 Å². The summed E-state index contributed by atoms with van der Waals surface area (Å²) >= 11 is 0.990. The molecular formula is C10H18N4O3S2. The first-order valence-electron chi connectivity index (χ1n) is 6.02. The number of aryl methyl sites for hydroxylation is 1. The van der Waals surface area contributed by atoms with Gasteiger partial charge in [0.1, 0.15) is 0 Å². The van der Waals surface area contributed by atoms with Crippen LogP contribution < -0.4 is 10.5 Å². The molecule has 1 aromatic heterocycles. The van der Waals surface area contributed by atoms with Gasteiger partial charge >= 0.3 is 0 Å². The number of nitrogens with zero attached hydrogens (tertiary/aromatic N) is 2. The smallest absolute Gasteiger partial charge is 0.252 e. The molecule has 19 heavy (non-hydrogen) atoms. The molecule has 3 N–H and O–H groups in total. The van der Waals surface area contributed by atoms with E-state index in [4.69, 9.17) is 10.5 Å². The van der Waals surface area contributed by atoms with Crippen LogP contribution in [-0.2, 0) is 14.8 Å². The van der Waals surface area contributed by atoms with Crippen LogP contribution in [0.1, 0.15) is 5.69 Å². The quantitative estimate of drug-likeness (QED) is 0.771. The monoisotopic (exact) mass is 306 g/mol. The molecule has 7 nitrogen and oxygen atoms in total. The highest BCUT2D eigenvalue weighted by Crippen LogP contribution is 2.24. The molecule has 0 aliphatic carbocycles. The molecule has 0 radical (unpaired) electrons. The number of nitrogen functional groups attached to an aromatic ring is 1. The SMILES string of the molecule is Cc1nc(N)sc1S(=O)(=O)NCCN1CCOCC1. The normalized spacial score (nSPS) is 17.7. The van der Waals surface area contributed by atoms with E-state index < -0.39 is 10.0 Å². The van der Waals surface area contributed by atoms with Crippen molar-refractivity contribution in [2.24, 2.45) is 0 Å². The van der Waals surface area contributed by atoms with Gasteiger partial charge in [-0.25, -0.2) is 18.1 Å². The second-order valence-electron chi connectivity index (χ2n) is 4.28. The van der Waals surface area contributed by atoms with Crippen LogP contribution in [0.25, 0.3) is 0 Å². The van der Waals surface area contributed by atoms with Gasteiger partial charge < -0.3 is 10.5 Å². The largest absolute Gasteiger partial charge is 0.379 e. The van der Waals surface area contributed by atoms with Crippen molar-refractivity contribution in [3.63, 3.8) is 0 Å². The number of hydrogen-bond donors (Lipinski definition) is 2. The van der Waals surface area contributed by atoms with Crippen molar-refractivity contribution in [2.45, 2.75) is 11.1 Å². The Morgan fingerprint density at radius 2 is 2.16 bits per heavy atom. The second kappa shape index (κ2) is 6.14. The predicted molar refractivity (Wildman–Crippen MR) is 73.7 cm³/mol. The molecule has 0 aromatic carbocycles. The molecule has 0 bridgehead atoms. The fraction of sp³-hybridized carbons (Fsp3) is 0.700. The average Bonchev–Trinajstić information content (AvgIpc) is 2.70. The number of rotatable bonds is 5. The standard InChI is InChI=1S/C10H18N4O3S2/c1-8-9(18-10(11)13-8)19(15,16)12-2-3-14-4-6-17-7-5-14/h12H,2-7H2,1H3,(H2,11,13). The molecule has 9 heteroatoms. The number of sulfonamides is 1. The Balaban J connectivity index is 1.89. The van der Waals surface area contributed by atoms with Crippen LogP contribution >= 0.6 is 11.3 Å². The Labute approximate surface area is 116 Å². The average molecular weight is 306 g/mol. The lowest BCUT2D eigenvalue weighted by molar-refractivity contribution is 0.0390. The molecule has 2 heterocycles. The summed E-state index contributed by atoms with van der Waals surface area (Å²) in [6, 6.07) is 0. The Morgan fingerprint density at radius 3 is 2.74 bits per heavy atom. The second-order valence-corrected chi connectivity index (χ2v) is 7.27. The number of ether oxygens (including phenoxy) is 1. The third-order valence-electron chi connectivity index (χ3n) is 2.84. The minimum absolute atomic E-state index is 0.201. The molecule has 0 spiro atoms. The van der Waals surface area contributed by atoms with E-state index in [1.807, 2.05) is 0 Å². The van der Waals surface area contributed by atoms with Crippen LogP contribution in [0.15, 0.2) is 4.21 Å². The molecule has 2 rings (SSSR count).